The van der Waals surface area contributed by atoms with Crippen LogP contribution in [0.5, 0.6) is 0 Å². The number of nitrogens with zero attached hydrogens (tertiary/aromatic N) is 4. The first-order valence-corrected chi connectivity index (χ1v) is 6.96. The molecule has 3 rings (SSSR count). The lowest BCUT2D eigenvalue weighted by atomic mass is 9.86. The van der Waals surface area contributed by atoms with E-state index in [1.807, 2.05) is 15.8 Å². The van der Waals surface area contributed by atoms with Gasteiger partial charge in [0.05, 0.1) is 12.2 Å². The normalized spacial score (nSPS) is 21.9. The molecular weight excluding hydrogens is 228 g/mol. The average Bonchev–Trinajstić information content (AvgIpc) is 2.82. The first-order chi connectivity index (χ1) is 8.83. The Morgan fingerprint density at radius 2 is 2.00 bits per heavy atom. The maximum Gasteiger partial charge on any atom is 0.222 e. The molecule has 1 saturated heterocycles. The summed E-state index contributed by atoms with van der Waals surface area (Å²) in [6, 6.07) is 0.336. The fourth-order valence-corrected chi connectivity index (χ4v) is 3.01. The number of likely N-dealkylation sites (tertiary alicyclic amines) is 1. The summed E-state index contributed by atoms with van der Waals surface area (Å²) in [5, 5.41) is 7.77. The molecule has 1 amide bonds. The van der Waals surface area contributed by atoms with E-state index in [9.17, 15) is 4.79 Å². The van der Waals surface area contributed by atoms with Crippen molar-refractivity contribution in [1.29, 1.82) is 0 Å². The molecule has 5 nitrogen and oxygen atoms in total. The third-order valence-electron chi connectivity index (χ3n) is 4.22. The highest BCUT2D eigenvalue weighted by Crippen LogP contribution is 2.28. The van der Waals surface area contributed by atoms with Gasteiger partial charge >= 0.3 is 0 Å². The lowest BCUT2D eigenvalue weighted by Gasteiger charge is -2.39. The van der Waals surface area contributed by atoms with Crippen LogP contribution < -0.4 is 0 Å². The molecule has 0 atom stereocenters. The molecule has 1 saturated carbocycles. The maximum absolute atomic E-state index is 12.1. The molecule has 0 unspecified atom stereocenters. The number of amides is 1. The summed E-state index contributed by atoms with van der Waals surface area (Å²) in [5.41, 5.74) is 0. The number of carbonyl (C=O) groups is 1. The van der Waals surface area contributed by atoms with Crippen LogP contribution in [0.1, 0.15) is 44.6 Å². The second kappa shape index (κ2) is 5.08. The SMILES string of the molecule is O=C(CC1CCCCC1)N1CC(n2ccnn2)C1. The van der Waals surface area contributed by atoms with Crippen molar-refractivity contribution in [3.8, 4) is 0 Å². The van der Waals surface area contributed by atoms with Crippen molar-refractivity contribution in [3.05, 3.63) is 12.4 Å². The van der Waals surface area contributed by atoms with Crippen LogP contribution in [-0.4, -0.2) is 38.9 Å². The van der Waals surface area contributed by atoms with Crippen molar-refractivity contribution in [1.82, 2.24) is 19.9 Å². The fraction of sp³-hybridized carbons (Fsp3) is 0.769. The van der Waals surface area contributed by atoms with Gasteiger partial charge in [-0.3, -0.25) is 4.79 Å². The van der Waals surface area contributed by atoms with Crippen LogP contribution in [0.25, 0.3) is 0 Å². The summed E-state index contributed by atoms with van der Waals surface area (Å²) in [5.74, 6) is 0.968. The minimum absolute atomic E-state index is 0.332. The van der Waals surface area contributed by atoms with Gasteiger partial charge in [0.2, 0.25) is 5.91 Å². The summed E-state index contributed by atoms with van der Waals surface area (Å²) in [6.07, 6.45) is 10.8. The molecule has 0 radical (unpaired) electrons. The van der Waals surface area contributed by atoms with Gasteiger partial charge in [-0.25, -0.2) is 4.68 Å². The van der Waals surface area contributed by atoms with Crippen LogP contribution in [0.4, 0.5) is 0 Å². The third-order valence-corrected chi connectivity index (χ3v) is 4.22. The minimum atomic E-state index is 0.332. The van der Waals surface area contributed by atoms with Gasteiger partial charge < -0.3 is 4.90 Å². The summed E-state index contributed by atoms with van der Waals surface area (Å²) in [6.45, 7) is 1.60. The van der Waals surface area contributed by atoms with E-state index in [1.165, 1.54) is 32.1 Å². The van der Waals surface area contributed by atoms with E-state index in [-0.39, 0.29) is 0 Å². The van der Waals surface area contributed by atoms with E-state index in [1.54, 1.807) is 6.20 Å². The van der Waals surface area contributed by atoms with Gasteiger partial charge in [0, 0.05) is 25.7 Å². The van der Waals surface area contributed by atoms with Crippen LogP contribution in [0.15, 0.2) is 12.4 Å². The molecule has 2 heterocycles. The van der Waals surface area contributed by atoms with Crippen molar-refractivity contribution in [3.63, 3.8) is 0 Å². The Balaban J connectivity index is 1.45. The molecule has 0 bridgehead atoms. The summed E-state index contributed by atoms with van der Waals surface area (Å²) in [4.78, 5) is 14.0. The van der Waals surface area contributed by atoms with Crippen molar-refractivity contribution in [2.75, 3.05) is 13.1 Å². The molecule has 1 aliphatic heterocycles. The van der Waals surface area contributed by atoms with E-state index in [2.05, 4.69) is 10.3 Å². The molecule has 0 N–H and O–H groups in total. The van der Waals surface area contributed by atoms with Crippen LogP contribution in [0, 0.1) is 5.92 Å². The Bertz CT molecular complexity index is 391. The molecule has 1 aliphatic carbocycles. The number of hydrogen-bond donors (Lipinski definition) is 0. The number of rotatable bonds is 3. The van der Waals surface area contributed by atoms with Crippen molar-refractivity contribution in [2.24, 2.45) is 5.92 Å². The van der Waals surface area contributed by atoms with Gasteiger partial charge in [-0.05, 0) is 18.8 Å². The Hall–Kier alpha value is -1.39. The molecule has 5 heteroatoms. The molecule has 98 valence electrons. The standard InChI is InChI=1S/C13H20N4O/c18-13(8-11-4-2-1-3-5-11)16-9-12(10-16)17-7-6-14-15-17/h6-7,11-12H,1-5,8-10H2. The van der Waals surface area contributed by atoms with E-state index in [4.69, 9.17) is 0 Å². The zero-order valence-electron chi connectivity index (χ0n) is 10.7. The Morgan fingerprint density at radius 3 is 2.67 bits per heavy atom. The van der Waals surface area contributed by atoms with Crippen LogP contribution in [-0.2, 0) is 4.79 Å². The third kappa shape index (κ3) is 2.40. The molecule has 2 fully saturated rings. The second-order valence-electron chi connectivity index (χ2n) is 5.54. The maximum atomic E-state index is 12.1. The van der Waals surface area contributed by atoms with Crippen molar-refractivity contribution in [2.45, 2.75) is 44.6 Å². The molecule has 0 aromatic carbocycles. The average molecular weight is 248 g/mol. The summed E-state index contributed by atoms with van der Waals surface area (Å²) >= 11 is 0. The summed E-state index contributed by atoms with van der Waals surface area (Å²) < 4.78 is 1.85. The molecular formula is C13H20N4O. The van der Waals surface area contributed by atoms with E-state index < -0.39 is 0 Å². The van der Waals surface area contributed by atoms with Gasteiger partial charge in [0.1, 0.15) is 0 Å². The largest absolute Gasteiger partial charge is 0.338 e. The Labute approximate surface area is 107 Å². The van der Waals surface area contributed by atoms with Crippen LogP contribution in [0.3, 0.4) is 0 Å². The molecule has 1 aromatic heterocycles. The van der Waals surface area contributed by atoms with Gasteiger partial charge in [0.25, 0.3) is 0 Å². The number of aromatic nitrogens is 3. The second-order valence-corrected chi connectivity index (χ2v) is 5.54. The molecule has 1 aromatic rings. The van der Waals surface area contributed by atoms with Crippen LogP contribution in [0.2, 0.25) is 0 Å². The predicted molar refractivity (Wildman–Crippen MR) is 66.8 cm³/mol. The highest BCUT2D eigenvalue weighted by atomic mass is 16.2. The first kappa shape index (κ1) is 11.7. The number of hydrogen-bond acceptors (Lipinski definition) is 3. The highest BCUT2D eigenvalue weighted by molar-refractivity contribution is 5.77. The monoisotopic (exact) mass is 248 g/mol. The zero-order chi connectivity index (χ0) is 12.4. The topological polar surface area (TPSA) is 51.0 Å². The van der Waals surface area contributed by atoms with E-state index >= 15 is 0 Å². The Morgan fingerprint density at radius 1 is 1.22 bits per heavy atom. The number of carbonyl (C=O) groups excluding carboxylic acids is 1. The zero-order valence-corrected chi connectivity index (χ0v) is 10.7. The van der Waals surface area contributed by atoms with Gasteiger partial charge in [-0.2, -0.15) is 0 Å². The van der Waals surface area contributed by atoms with Gasteiger partial charge in [-0.1, -0.05) is 24.5 Å². The van der Waals surface area contributed by atoms with Crippen LogP contribution >= 0.6 is 0 Å². The lowest BCUT2D eigenvalue weighted by molar-refractivity contribution is -0.138. The molecule has 18 heavy (non-hydrogen) atoms. The van der Waals surface area contributed by atoms with Crippen molar-refractivity contribution < 1.29 is 4.79 Å². The van der Waals surface area contributed by atoms with Gasteiger partial charge in [-0.15, -0.1) is 5.10 Å². The lowest BCUT2D eigenvalue weighted by Crippen LogP contribution is -2.51. The van der Waals surface area contributed by atoms with Gasteiger partial charge in [0.15, 0.2) is 0 Å². The molecule has 0 spiro atoms. The predicted octanol–water partition coefficient (Wildman–Crippen LogP) is 1.63. The fourth-order valence-electron chi connectivity index (χ4n) is 3.01. The summed E-state index contributed by atoms with van der Waals surface area (Å²) in [7, 11) is 0. The first-order valence-electron chi connectivity index (χ1n) is 6.96. The van der Waals surface area contributed by atoms with E-state index in [0.717, 1.165) is 19.5 Å². The van der Waals surface area contributed by atoms with E-state index in [0.29, 0.717) is 17.9 Å². The smallest absolute Gasteiger partial charge is 0.222 e. The quantitative estimate of drug-likeness (QED) is 0.817. The van der Waals surface area contributed by atoms with Crippen molar-refractivity contribution >= 4 is 5.91 Å². The molecule has 2 aliphatic rings. The Kier molecular flexibility index (Phi) is 3.30. The highest BCUT2D eigenvalue weighted by Gasteiger charge is 2.33. The minimum Gasteiger partial charge on any atom is -0.338 e.